The van der Waals surface area contributed by atoms with Crippen molar-refractivity contribution in [1.29, 1.82) is 0 Å². The Morgan fingerprint density at radius 2 is 1.51 bits per heavy atom. The average molecular weight is 483 g/mol. The molecule has 3 rings (SSSR count). The van der Waals surface area contributed by atoms with Gasteiger partial charge in [-0.2, -0.15) is 0 Å². The van der Waals surface area contributed by atoms with E-state index in [0.717, 1.165) is 50.6 Å². The molecule has 7 nitrogen and oxygen atoms in total. The molecule has 2 aromatic heterocycles. The average Bonchev–Trinajstić information content (AvgIpc) is 3.29. The number of fused-ring (bicyclic) bond motifs is 1. The summed E-state index contributed by atoms with van der Waals surface area (Å²) >= 11 is 0. The van der Waals surface area contributed by atoms with Crippen molar-refractivity contribution >= 4 is 11.2 Å². The van der Waals surface area contributed by atoms with E-state index in [1.165, 1.54) is 47.7 Å². The van der Waals surface area contributed by atoms with E-state index in [1.807, 2.05) is 34.9 Å². The van der Waals surface area contributed by atoms with Gasteiger partial charge in [-0.25, -0.2) is 9.78 Å². The molecular weight excluding hydrogens is 440 g/mol. The Bertz CT molecular complexity index is 1150. The second-order valence-electron chi connectivity index (χ2n) is 9.74. The zero-order valence-corrected chi connectivity index (χ0v) is 21.5. The van der Waals surface area contributed by atoms with E-state index in [0.29, 0.717) is 11.2 Å². The summed E-state index contributed by atoms with van der Waals surface area (Å²) in [6.07, 6.45) is 15.2. The number of aromatic nitrogens is 4. The maximum atomic E-state index is 13.2. The number of aryl methyl sites for hydroxylation is 2. The lowest BCUT2D eigenvalue weighted by Crippen LogP contribution is -2.40. The molecule has 3 aromatic rings. The quantitative estimate of drug-likeness (QED) is 0.291. The second kappa shape index (κ2) is 14.0. The molecule has 35 heavy (non-hydrogen) atoms. The van der Waals surface area contributed by atoms with Crippen molar-refractivity contribution in [3.05, 3.63) is 63.1 Å². The molecule has 2 heterocycles. The summed E-state index contributed by atoms with van der Waals surface area (Å²) in [7, 11) is 1.68. The summed E-state index contributed by atoms with van der Waals surface area (Å²) in [6, 6.07) is 9.59. The van der Waals surface area contributed by atoms with Crippen LogP contribution in [0.4, 0.5) is 0 Å². The third kappa shape index (κ3) is 7.66. The summed E-state index contributed by atoms with van der Waals surface area (Å²) in [5.74, 6) is 0. The van der Waals surface area contributed by atoms with Crippen molar-refractivity contribution in [3.63, 3.8) is 0 Å². The van der Waals surface area contributed by atoms with Crippen LogP contribution >= 0.6 is 0 Å². The third-order valence-electron chi connectivity index (χ3n) is 6.84. The van der Waals surface area contributed by atoms with Crippen LogP contribution in [-0.2, 0) is 20.1 Å². The lowest BCUT2D eigenvalue weighted by molar-refractivity contribution is 0.150. The van der Waals surface area contributed by atoms with Crippen LogP contribution in [0.3, 0.4) is 0 Å². The number of hydrogen-bond acceptors (Lipinski definition) is 4. The normalized spacial score (nSPS) is 12.4. The Balaban J connectivity index is 1.44. The first-order chi connectivity index (χ1) is 17.0. The lowest BCUT2D eigenvalue weighted by Gasteiger charge is -2.10. The Morgan fingerprint density at radius 3 is 2.17 bits per heavy atom. The Morgan fingerprint density at radius 1 is 0.886 bits per heavy atom. The molecule has 192 valence electrons. The van der Waals surface area contributed by atoms with E-state index in [1.54, 1.807) is 13.4 Å². The van der Waals surface area contributed by atoms with Gasteiger partial charge in [0.05, 0.1) is 19.0 Å². The van der Waals surface area contributed by atoms with Crippen molar-refractivity contribution in [1.82, 2.24) is 18.7 Å². The Labute approximate surface area is 208 Å². The number of benzene rings is 1. The summed E-state index contributed by atoms with van der Waals surface area (Å²) in [5, 5.41) is 9.77. The molecule has 0 aliphatic heterocycles. The topological polar surface area (TPSA) is 82.1 Å². The molecule has 0 saturated heterocycles. The van der Waals surface area contributed by atoms with E-state index in [2.05, 4.69) is 11.9 Å². The fourth-order valence-corrected chi connectivity index (χ4v) is 4.77. The van der Waals surface area contributed by atoms with Gasteiger partial charge in [-0.1, -0.05) is 95.0 Å². The Hall–Kier alpha value is -2.67. The third-order valence-corrected chi connectivity index (χ3v) is 6.84. The fourth-order valence-electron chi connectivity index (χ4n) is 4.77. The number of unbranched alkanes of at least 4 members (excludes halogenated alkanes) is 8. The van der Waals surface area contributed by atoms with E-state index < -0.39 is 0 Å². The van der Waals surface area contributed by atoms with Gasteiger partial charge in [-0.05, 0) is 24.8 Å². The van der Waals surface area contributed by atoms with Gasteiger partial charge >= 0.3 is 5.69 Å². The minimum atomic E-state index is -0.339. The first kappa shape index (κ1) is 26.9. The minimum Gasteiger partial charge on any atom is -0.393 e. The standard InChI is InChI=1S/C28H42N4O3/c1-3-16-24(33)19-14-9-7-5-4-6-8-10-15-20-31-22-29-26-25(31)27(34)32(28(35)30(26)2)21-23-17-12-11-13-18-23/h11-13,17-18,22,24,33H,3-10,14-16,19-21H2,1-2H3. The summed E-state index contributed by atoms with van der Waals surface area (Å²) in [5.41, 5.74) is 1.27. The van der Waals surface area contributed by atoms with Gasteiger partial charge in [0.15, 0.2) is 11.2 Å². The SMILES string of the molecule is CCCC(O)CCCCCCCCCCCn1cnc2c1c(=O)n(Cc1ccccc1)c(=O)n2C. The van der Waals surface area contributed by atoms with Crippen LogP contribution in [0.2, 0.25) is 0 Å². The molecule has 0 saturated carbocycles. The van der Waals surface area contributed by atoms with Gasteiger partial charge in [-0.15, -0.1) is 0 Å². The molecule has 0 aliphatic rings. The predicted octanol–water partition coefficient (Wildman–Crippen LogP) is 5.01. The highest BCUT2D eigenvalue weighted by Crippen LogP contribution is 2.14. The second-order valence-corrected chi connectivity index (χ2v) is 9.74. The van der Waals surface area contributed by atoms with Gasteiger partial charge in [0.2, 0.25) is 0 Å². The lowest BCUT2D eigenvalue weighted by atomic mass is 10.0. The molecule has 0 aliphatic carbocycles. The van der Waals surface area contributed by atoms with Crippen LogP contribution in [0, 0.1) is 0 Å². The molecule has 1 atom stereocenters. The van der Waals surface area contributed by atoms with Gasteiger partial charge in [0, 0.05) is 13.6 Å². The van der Waals surface area contributed by atoms with Crippen LogP contribution in [0.1, 0.15) is 89.5 Å². The molecule has 1 aromatic carbocycles. The highest BCUT2D eigenvalue weighted by Gasteiger charge is 2.16. The first-order valence-electron chi connectivity index (χ1n) is 13.4. The van der Waals surface area contributed by atoms with Crippen LogP contribution in [0.5, 0.6) is 0 Å². The summed E-state index contributed by atoms with van der Waals surface area (Å²) < 4.78 is 4.69. The van der Waals surface area contributed by atoms with E-state index in [-0.39, 0.29) is 23.9 Å². The number of aliphatic hydroxyl groups is 1. The summed E-state index contributed by atoms with van der Waals surface area (Å²) in [4.78, 5) is 30.4. The van der Waals surface area contributed by atoms with Gasteiger partial charge in [0.1, 0.15) is 0 Å². The van der Waals surface area contributed by atoms with Crippen LogP contribution < -0.4 is 11.2 Å². The molecule has 0 bridgehead atoms. The van der Waals surface area contributed by atoms with Crippen LogP contribution in [-0.4, -0.2) is 29.9 Å². The van der Waals surface area contributed by atoms with Crippen LogP contribution in [0.25, 0.3) is 11.2 Å². The smallest absolute Gasteiger partial charge is 0.332 e. The number of nitrogens with zero attached hydrogens (tertiary/aromatic N) is 4. The van der Waals surface area contributed by atoms with Crippen LogP contribution in [0.15, 0.2) is 46.2 Å². The largest absolute Gasteiger partial charge is 0.393 e. The minimum absolute atomic E-state index is 0.107. The molecule has 0 radical (unpaired) electrons. The number of hydrogen-bond donors (Lipinski definition) is 1. The van der Waals surface area contributed by atoms with Gasteiger partial charge < -0.3 is 9.67 Å². The Kier molecular flexibility index (Phi) is 10.8. The molecular formula is C28H42N4O3. The van der Waals surface area contributed by atoms with Gasteiger partial charge in [0.25, 0.3) is 5.56 Å². The number of rotatable bonds is 16. The molecule has 1 N–H and O–H groups in total. The molecule has 0 spiro atoms. The molecule has 7 heteroatoms. The zero-order valence-electron chi connectivity index (χ0n) is 21.5. The van der Waals surface area contributed by atoms with Crippen molar-refractivity contribution in [2.75, 3.05) is 0 Å². The van der Waals surface area contributed by atoms with E-state index in [4.69, 9.17) is 0 Å². The molecule has 0 amide bonds. The number of imidazole rings is 1. The predicted molar refractivity (Wildman–Crippen MR) is 142 cm³/mol. The highest BCUT2D eigenvalue weighted by atomic mass is 16.3. The van der Waals surface area contributed by atoms with Crippen molar-refractivity contribution < 1.29 is 5.11 Å². The van der Waals surface area contributed by atoms with Crippen molar-refractivity contribution in [2.24, 2.45) is 7.05 Å². The first-order valence-corrected chi connectivity index (χ1v) is 13.4. The van der Waals surface area contributed by atoms with E-state index in [9.17, 15) is 14.7 Å². The highest BCUT2D eigenvalue weighted by molar-refractivity contribution is 5.69. The maximum Gasteiger partial charge on any atom is 0.332 e. The maximum absolute atomic E-state index is 13.2. The summed E-state index contributed by atoms with van der Waals surface area (Å²) in [6.45, 7) is 3.11. The van der Waals surface area contributed by atoms with Crippen molar-refractivity contribution in [2.45, 2.75) is 103 Å². The zero-order chi connectivity index (χ0) is 25.0. The number of aliphatic hydroxyl groups excluding tert-OH is 1. The fraction of sp³-hybridized carbons (Fsp3) is 0.607. The molecule has 0 fully saturated rings. The van der Waals surface area contributed by atoms with Gasteiger partial charge in [-0.3, -0.25) is 13.9 Å². The van der Waals surface area contributed by atoms with E-state index >= 15 is 0 Å². The van der Waals surface area contributed by atoms with Crippen molar-refractivity contribution in [3.8, 4) is 0 Å². The molecule has 1 unspecified atom stereocenters. The monoisotopic (exact) mass is 482 g/mol.